The van der Waals surface area contributed by atoms with Gasteiger partial charge in [-0.25, -0.2) is 9.78 Å². The number of hydrogen-bond donors (Lipinski definition) is 0. The van der Waals surface area contributed by atoms with Gasteiger partial charge in [-0.2, -0.15) is 8.78 Å². The fourth-order valence-corrected chi connectivity index (χ4v) is 3.73. The van der Waals surface area contributed by atoms with E-state index >= 15 is 0 Å². The average molecular weight is 335 g/mol. The molecule has 0 fully saturated rings. The number of thiophene rings is 1. The van der Waals surface area contributed by atoms with E-state index in [0.717, 1.165) is 22.8 Å². The quantitative estimate of drug-likeness (QED) is 0.578. The van der Waals surface area contributed by atoms with Crippen LogP contribution in [0.15, 0.2) is 21.7 Å². The number of halogens is 2. The highest BCUT2D eigenvalue weighted by molar-refractivity contribution is 7.99. The van der Waals surface area contributed by atoms with E-state index in [1.165, 1.54) is 17.4 Å². The minimum atomic E-state index is -2.55. The van der Waals surface area contributed by atoms with Crippen LogP contribution in [0.1, 0.15) is 27.3 Å². The molecule has 0 N–H and O–H groups in total. The second kappa shape index (κ2) is 7.14. The normalized spacial score (nSPS) is 11.0. The number of esters is 1. The predicted octanol–water partition coefficient (Wildman–Crippen LogP) is 4.44. The third-order valence-electron chi connectivity index (χ3n) is 2.28. The van der Waals surface area contributed by atoms with Crippen LogP contribution in [-0.2, 0) is 17.8 Å². The van der Waals surface area contributed by atoms with Gasteiger partial charge >= 0.3 is 5.97 Å². The lowest BCUT2D eigenvalue weighted by atomic mass is 10.4. The number of carbonyl (C=O) groups is 1. The van der Waals surface area contributed by atoms with E-state index in [9.17, 15) is 13.6 Å². The monoisotopic (exact) mass is 335 g/mol. The zero-order valence-electron chi connectivity index (χ0n) is 10.5. The molecule has 0 radical (unpaired) electrons. The van der Waals surface area contributed by atoms with Crippen molar-refractivity contribution in [1.82, 2.24) is 4.98 Å². The molecule has 0 saturated heterocycles. The number of thiazole rings is 1. The Kier molecular flexibility index (Phi) is 5.50. The lowest BCUT2D eigenvalue weighted by Gasteiger charge is -2.03. The highest BCUT2D eigenvalue weighted by Crippen LogP contribution is 2.32. The summed E-state index contributed by atoms with van der Waals surface area (Å²) in [6.45, 7) is 2.06. The third-order valence-corrected chi connectivity index (χ3v) is 5.12. The molecule has 0 unspecified atom stereocenters. The fourth-order valence-electron chi connectivity index (χ4n) is 1.42. The number of hydrogen-bond acceptors (Lipinski definition) is 6. The van der Waals surface area contributed by atoms with Crippen molar-refractivity contribution in [3.63, 3.8) is 0 Å². The molecule has 0 aliphatic rings. The minimum absolute atomic E-state index is 0.0615. The summed E-state index contributed by atoms with van der Waals surface area (Å²) in [5, 5.41) is 4.40. The first kappa shape index (κ1) is 15.4. The van der Waals surface area contributed by atoms with Gasteiger partial charge in [-0.05, 0) is 17.9 Å². The molecule has 0 aliphatic heterocycles. The SMILES string of the molecule is CCc1nc(COC(=O)c2sccc2SC(F)F)cs1. The Labute approximate surface area is 127 Å². The molecule has 0 aliphatic carbocycles. The molecule has 3 nitrogen and oxygen atoms in total. The molecule has 0 bridgehead atoms. The second-order valence-electron chi connectivity index (χ2n) is 3.65. The Morgan fingerprint density at radius 1 is 1.50 bits per heavy atom. The van der Waals surface area contributed by atoms with E-state index in [0.29, 0.717) is 17.5 Å². The molecule has 0 amide bonds. The van der Waals surface area contributed by atoms with Crippen LogP contribution in [0.4, 0.5) is 8.78 Å². The lowest BCUT2D eigenvalue weighted by molar-refractivity contribution is 0.0470. The van der Waals surface area contributed by atoms with E-state index in [4.69, 9.17) is 4.74 Å². The molecule has 20 heavy (non-hydrogen) atoms. The van der Waals surface area contributed by atoms with Gasteiger partial charge in [0.15, 0.2) is 0 Å². The molecule has 2 aromatic heterocycles. The van der Waals surface area contributed by atoms with Crippen molar-refractivity contribution < 1.29 is 18.3 Å². The molecule has 0 spiro atoms. The number of carbonyl (C=O) groups excluding carboxylic acids is 1. The lowest BCUT2D eigenvalue weighted by Crippen LogP contribution is -2.05. The fraction of sp³-hybridized carbons (Fsp3) is 0.333. The third kappa shape index (κ3) is 4.00. The Hall–Kier alpha value is -0.990. The van der Waals surface area contributed by atoms with Crippen LogP contribution in [0.25, 0.3) is 0 Å². The Morgan fingerprint density at radius 2 is 2.30 bits per heavy atom. The maximum Gasteiger partial charge on any atom is 0.349 e. The van der Waals surface area contributed by atoms with Gasteiger partial charge in [0.05, 0.1) is 10.7 Å². The molecule has 0 atom stereocenters. The molecule has 0 saturated carbocycles. The highest BCUT2D eigenvalue weighted by Gasteiger charge is 2.18. The summed E-state index contributed by atoms with van der Waals surface area (Å²) in [6.07, 6.45) is 0.832. The Morgan fingerprint density at radius 3 is 2.95 bits per heavy atom. The summed E-state index contributed by atoms with van der Waals surface area (Å²) in [6, 6.07) is 1.50. The van der Waals surface area contributed by atoms with Crippen LogP contribution in [0.2, 0.25) is 0 Å². The van der Waals surface area contributed by atoms with Crippen molar-refractivity contribution >= 4 is 40.4 Å². The van der Waals surface area contributed by atoms with Crippen molar-refractivity contribution in [1.29, 1.82) is 0 Å². The molecular weight excluding hydrogens is 324 g/mol. The first-order chi connectivity index (χ1) is 9.60. The molecule has 108 valence electrons. The number of aryl methyl sites for hydroxylation is 1. The molecule has 0 aromatic carbocycles. The standard InChI is InChI=1S/C12H11F2NO2S3/c1-2-9-15-7(6-19-9)5-17-11(16)10-8(3-4-18-10)20-12(13)14/h3-4,6,12H,2,5H2,1H3. The molecule has 8 heteroatoms. The Balaban J connectivity index is 1.96. The van der Waals surface area contributed by atoms with Crippen LogP contribution in [0, 0.1) is 0 Å². The van der Waals surface area contributed by atoms with Crippen molar-refractivity contribution in [2.45, 2.75) is 30.6 Å². The number of alkyl halides is 2. The summed E-state index contributed by atoms with van der Waals surface area (Å²) in [7, 11) is 0. The number of rotatable bonds is 6. The van der Waals surface area contributed by atoms with E-state index in [-0.39, 0.29) is 16.4 Å². The summed E-state index contributed by atoms with van der Waals surface area (Å²) in [5.74, 6) is -3.14. The summed E-state index contributed by atoms with van der Waals surface area (Å²) in [5.41, 5.74) is 0.680. The zero-order valence-corrected chi connectivity index (χ0v) is 12.9. The molecular formula is C12H11F2NO2S3. The van der Waals surface area contributed by atoms with Gasteiger partial charge in [-0.1, -0.05) is 18.7 Å². The van der Waals surface area contributed by atoms with E-state index < -0.39 is 11.7 Å². The van der Waals surface area contributed by atoms with Crippen LogP contribution in [-0.4, -0.2) is 16.7 Å². The first-order valence-corrected chi connectivity index (χ1v) is 8.36. The number of ether oxygens (including phenoxy) is 1. The molecule has 2 heterocycles. The highest BCUT2D eigenvalue weighted by atomic mass is 32.2. The second-order valence-corrected chi connectivity index (χ2v) is 6.55. The van der Waals surface area contributed by atoms with Crippen molar-refractivity contribution in [3.8, 4) is 0 Å². The van der Waals surface area contributed by atoms with Gasteiger partial charge in [0.1, 0.15) is 11.5 Å². The maximum absolute atomic E-state index is 12.3. The van der Waals surface area contributed by atoms with Gasteiger partial charge in [0.2, 0.25) is 0 Å². The summed E-state index contributed by atoms with van der Waals surface area (Å²) < 4.78 is 29.8. The van der Waals surface area contributed by atoms with E-state index in [1.54, 1.807) is 5.38 Å². The van der Waals surface area contributed by atoms with Gasteiger partial charge in [-0.15, -0.1) is 22.7 Å². The predicted molar refractivity (Wildman–Crippen MR) is 76.8 cm³/mol. The molecule has 2 rings (SSSR count). The van der Waals surface area contributed by atoms with Gasteiger partial charge in [0, 0.05) is 10.3 Å². The van der Waals surface area contributed by atoms with Crippen molar-refractivity contribution in [2.75, 3.05) is 0 Å². The largest absolute Gasteiger partial charge is 0.455 e. The van der Waals surface area contributed by atoms with E-state index in [2.05, 4.69) is 4.98 Å². The van der Waals surface area contributed by atoms with Crippen LogP contribution in [0.5, 0.6) is 0 Å². The van der Waals surface area contributed by atoms with Crippen molar-refractivity contribution in [2.24, 2.45) is 0 Å². The topological polar surface area (TPSA) is 39.2 Å². The van der Waals surface area contributed by atoms with Crippen LogP contribution < -0.4 is 0 Å². The van der Waals surface area contributed by atoms with Crippen LogP contribution >= 0.6 is 34.4 Å². The number of aromatic nitrogens is 1. The molecule has 2 aromatic rings. The minimum Gasteiger partial charge on any atom is -0.455 e. The first-order valence-electron chi connectivity index (χ1n) is 5.72. The maximum atomic E-state index is 12.3. The van der Waals surface area contributed by atoms with Gasteiger partial charge in [-0.3, -0.25) is 0 Å². The van der Waals surface area contributed by atoms with Gasteiger partial charge in [0.25, 0.3) is 5.76 Å². The smallest absolute Gasteiger partial charge is 0.349 e. The average Bonchev–Trinajstić information content (AvgIpc) is 3.04. The van der Waals surface area contributed by atoms with Crippen LogP contribution in [0.3, 0.4) is 0 Å². The Bertz CT molecular complexity index is 583. The zero-order chi connectivity index (χ0) is 14.5. The van der Waals surface area contributed by atoms with E-state index in [1.807, 2.05) is 12.3 Å². The summed E-state index contributed by atoms with van der Waals surface area (Å²) in [4.78, 5) is 16.6. The number of nitrogens with zero attached hydrogens (tertiary/aromatic N) is 1. The summed E-state index contributed by atoms with van der Waals surface area (Å²) >= 11 is 2.96. The van der Waals surface area contributed by atoms with Crippen molar-refractivity contribution in [3.05, 3.63) is 32.4 Å². The number of thioether (sulfide) groups is 1. The van der Waals surface area contributed by atoms with Gasteiger partial charge < -0.3 is 4.74 Å².